The van der Waals surface area contributed by atoms with Gasteiger partial charge in [0, 0.05) is 16.5 Å². The molecule has 0 aliphatic rings. The second kappa shape index (κ2) is 9.34. The minimum Gasteiger partial charge on any atom is -0.465 e. The van der Waals surface area contributed by atoms with Gasteiger partial charge in [0.1, 0.15) is 6.04 Å². The summed E-state index contributed by atoms with van der Waals surface area (Å²) in [7, 11) is 1.32. The van der Waals surface area contributed by atoms with Crippen molar-refractivity contribution in [2.24, 2.45) is 0 Å². The maximum atomic E-state index is 12.3. The Bertz CT molecular complexity index is 732. The highest BCUT2D eigenvalue weighted by Crippen LogP contribution is 2.17. The van der Waals surface area contributed by atoms with E-state index in [0.717, 1.165) is 10.9 Å². The number of anilines is 1. The van der Waals surface area contributed by atoms with Gasteiger partial charge < -0.3 is 15.4 Å². The van der Waals surface area contributed by atoms with Crippen molar-refractivity contribution in [2.45, 2.75) is 19.4 Å². The predicted molar refractivity (Wildman–Crippen MR) is 100 cm³/mol. The molecule has 0 aliphatic carbocycles. The van der Waals surface area contributed by atoms with Crippen LogP contribution in [0.5, 0.6) is 0 Å². The molecule has 5 nitrogen and oxygen atoms in total. The Morgan fingerprint density at radius 3 is 2.48 bits per heavy atom. The van der Waals surface area contributed by atoms with Crippen LogP contribution in [0, 0.1) is 0 Å². The number of para-hydroxylation sites is 1. The molecule has 0 aromatic heterocycles. The highest BCUT2D eigenvalue weighted by Gasteiger charge is 2.17. The third-order valence-electron chi connectivity index (χ3n) is 3.93. The van der Waals surface area contributed by atoms with Gasteiger partial charge in [0.25, 0.3) is 5.91 Å². The van der Waals surface area contributed by atoms with Crippen LogP contribution in [0.1, 0.15) is 35.3 Å². The van der Waals surface area contributed by atoms with E-state index < -0.39 is 5.97 Å². The molecule has 0 saturated carbocycles. The summed E-state index contributed by atoms with van der Waals surface area (Å²) in [5.74, 6) is -0.631. The molecule has 1 amide bonds. The van der Waals surface area contributed by atoms with Gasteiger partial charge in [0.15, 0.2) is 6.54 Å². The molecule has 6 heteroatoms. The second-order valence-electron chi connectivity index (χ2n) is 5.59. The van der Waals surface area contributed by atoms with Crippen LogP contribution in [-0.4, -0.2) is 25.5 Å². The summed E-state index contributed by atoms with van der Waals surface area (Å²) in [6, 6.07) is 15.1. The number of ether oxygens (including phenoxy) is 1. The zero-order chi connectivity index (χ0) is 18.2. The normalized spacial score (nSPS) is 11.6. The van der Waals surface area contributed by atoms with E-state index in [4.69, 9.17) is 4.74 Å². The van der Waals surface area contributed by atoms with Crippen LogP contribution < -0.4 is 10.6 Å². The number of amides is 1. The molecule has 0 aliphatic heterocycles. The standard InChI is InChI=1S/C19H21BrN2O3/c1-3-16(13-8-10-14(20)11-9-13)21-12-18(23)22-17-7-5-4-6-15(17)19(24)25-2/h4-11,16,21H,3,12H2,1-2H3,(H,22,23)/p+1/t16-/m0/s1. The lowest BCUT2D eigenvalue weighted by atomic mass is 10.0. The number of rotatable bonds is 7. The lowest BCUT2D eigenvalue weighted by Crippen LogP contribution is -2.87. The quantitative estimate of drug-likeness (QED) is 0.695. The van der Waals surface area contributed by atoms with Gasteiger partial charge in [0.2, 0.25) is 0 Å². The molecular formula is C19H22BrN2O3+. The van der Waals surface area contributed by atoms with Gasteiger partial charge in [-0.3, -0.25) is 4.79 Å². The van der Waals surface area contributed by atoms with Crippen LogP contribution >= 0.6 is 15.9 Å². The van der Waals surface area contributed by atoms with E-state index >= 15 is 0 Å². The summed E-state index contributed by atoms with van der Waals surface area (Å²) < 4.78 is 5.77. The maximum Gasteiger partial charge on any atom is 0.339 e. The van der Waals surface area contributed by atoms with Crippen molar-refractivity contribution in [1.82, 2.24) is 0 Å². The number of halogens is 1. The van der Waals surface area contributed by atoms with Crippen molar-refractivity contribution in [2.75, 3.05) is 19.0 Å². The molecule has 1 atom stereocenters. The van der Waals surface area contributed by atoms with Gasteiger partial charge in [-0.05, 0) is 24.3 Å². The van der Waals surface area contributed by atoms with Crippen LogP contribution in [0.3, 0.4) is 0 Å². The maximum absolute atomic E-state index is 12.3. The summed E-state index contributed by atoms with van der Waals surface area (Å²) in [5, 5.41) is 4.79. The number of quaternary nitrogens is 1. The van der Waals surface area contributed by atoms with Crippen molar-refractivity contribution < 1.29 is 19.6 Å². The topological polar surface area (TPSA) is 72.0 Å². The van der Waals surface area contributed by atoms with Crippen LogP contribution in [0.15, 0.2) is 53.0 Å². The van der Waals surface area contributed by atoms with Gasteiger partial charge in [-0.25, -0.2) is 4.79 Å². The Morgan fingerprint density at radius 1 is 1.16 bits per heavy atom. The second-order valence-corrected chi connectivity index (χ2v) is 6.51. The number of carbonyl (C=O) groups excluding carboxylic acids is 2. The van der Waals surface area contributed by atoms with E-state index in [0.29, 0.717) is 11.3 Å². The fourth-order valence-electron chi connectivity index (χ4n) is 2.58. The van der Waals surface area contributed by atoms with E-state index in [-0.39, 0.29) is 18.5 Å². The molecule has 0 saturated heterocycles. The van der Waals surface area contributed by atoms with Crippen LogP contribution in [-0.2, 0) is 9.53 Å². The summed E-state index contributed by atoms with van der Waals surface area (Å²) in [6.07, 6.45) is 0.910. The van der Waals surface area contributed by atoms with Gasteiger partial charge >= 0.3 is 5.97 Å². The summed E-state index contributed by atoms with van der Waals surface area (Å²) in [6.45, 7) is 2.36. The van der Waals surface area contributed by atoms with Crippen molar-refractivity contribution in [3.05, 3.63) is 64.1 Å². The van der Waals surface area contributed by atoms with Crippen LogP contribution in [0.4, 0.5) is 5.69 Å². The number of nitrogens with two attached hydrogens (primary N) is 1. The fourth-order valence-corrected chi connectivity index (χ4v) is 2.84. The molecule has 2 aromatic carbocycles. The first-order valence-electron chi connectivity index (χ1n) is 8.11. The SMILES string of the molecule is CC[C@H]([NH2+]CC(=O)Nc1ccccc1C(=O)OC)c1ccc(Br)cc1. The number of carbonyl (C=O) groups is 2. The molecule has 2 aromatic rings. The van der Waals surface area contributed by atoms with Crippen molar-refractivity contribution in [3.8, 4) is 0 Å². The highest BCUT2D eigenvalue weighted by molar-refractivity contribution is 9.10. The number of hydrogen-bond donors (Lipinski definition) is 2. The minimum absolute atomic E-state index is 0.160. The van der Waals surface area contributed by atoms with Crippen molar-refractivity contribution in [1.29, 1.82) is 0 Å². The molecule has 2 rings (SSSR count). The predicted octanol–water partition coefficient (Wildman–Crippen LogP) is 2.89. The Kier molecular flexibility index (Phi) is 7.16. The lowest BCUT2D eigenvalue weighted by Gasteiger charge is -2.15. The zero-order valence-electron chi connectivity index (χ0n) is 14.3. The molecule has 132 valence electrons. The molecular weight excluding hydrogens is 384 g/mol. The highest BCUT2D eigenvalue weighted by atomic mass is 79.9. The van der Waals surface area contributed by atoms with Gasteiger partial charge in [0.05, 0.1) is 18.4 Å². The van der Waals surface area contributed by atoms with Gasteiger partial charge in [-0.1, -0.05) is 47.1 Å². The molecule has 0 bridgehead atoms. The van der Waals surface area contributed by atoms with Crippen molar-refractivity contribution in [3.63, 3.8) is 0 Å². The van der Waals surface area contributed by atoms with Gasteiger partial charge in [-0.15, -0.1) is 0 Å². The van der Waals surface area contributed by atoms with E-state index in [1.165, 1.54) is 12.7 Å². The summed E-state index contributed by atoms with van der Waals surface area (Å²) in [4.78, 5) is 24.0. The van der Waals surface area contributed by atoms with E-state index in [1.54, 1.807) is 24.3 Å². The molecule has 25 heavy (non-hydrogen) atoms. The number of benzene rings is 2. The largest absolute Gasteiger partial charge is 0.465 e. The Balaban J connectivity index is 1.98. The smallest absolute Gasteiger partial charge is 0.339 e. The molecule has 3 N–H and O–H groups in total. The summed E-state index contributed by atoms with van der Waals surface area (Å²) >= 11 is 3.43. The minimum atomic E-state index is -0.471. The Morgan fingerprint density at radius 2 is 1.84 bits per heavy atom. The number of esters is 1. The molecule has 0 fully saturated rings. The molecule has 0 unspecified atom stereocenters. The van der Waals surface area contributed by atoms with E-state index in [1.807, 2.05) is 17.4 Å². The monoisotopic (exact) mass is 405 g/mol. The first-order valence-corrected chi connectivity index (χ1v) is 8.90. The molecule has 0 radical (unpaired) electrons. The number of nitrogens with one attached hydrogen (secondary N) is 1. The average molecular weight is 406 g/mol. The Hall–Kier alpha value is -2.18. The third-order valence-corrected chi connectivity index (χ3v) is 4.46. The first-order chi connectivity index (χ1) is 12.0. The molecule has 0 heterocycles. The lowest BCUT2D eigenvalue weighted by molar-refractivity contribution is -0.686. The van der Waals surface area contributed by atoms with Crippen LogP contribution in [0.2, 0.25) is 0 Å². The zero-order valence-corrected chi connectivity index (χ0v) is 15.9. The average Bonchev–Trinajstić information content (AvgIpc) is 2.63. The van der Waals surface area contributed by atoms with E-state index in [2.05, 4.69) is 40.3 Å². The fraction of sp³-hybridized carbons (Fsp3) is 0.263. The third kappa shape index (κ3) is 5.41. The molecule has 0 spiro atoms. The number of hydrogen-bond acceptors (Lipinski definition) is 3. The first kappa shape index (κ1) is 19.1. The van der Waals surface area contributed by atoms with Crippen molar-refractivity contribution >= 4 is 33.5 Å². The van der Waals surface area contributed by atoms with Gasteiger partial charge in [-0.2, -0.15) is 0 Å². The van der Waals surface area contributed by atoms with E-state index in [9.17, 15) is 9.59 Å². The summed E-state index contributed by atoms with van der Waals surface area (Å²) in [5.41, 5.74) is 1.98. The number of methoxy groups -OCH3 is 1. The Labute approximate surface area is 155 Å². The van der Waals surface area contributed by atoms with Crippen LogP contribution in [0.25, 0.3) is 0 Å².